The summed E-state index contributed by atoms with van der Waals surface area (Å²) in [5, 5.41) is 4.92. The van der Waals surface area contributed by atoms with E-state index in [4.69, 9.17) is 9.72 Å². The van der Waals surface area contributed by atoms with Crippen LogP contribution in [0, 0.1) is 13.8 Å². The van der Waals surface area contributed by atoms with E-state index in [9.17, 15) is 4.79 Å². The topological polar surface area (TPSA) is 63.5 Å². The summed E-state index contributed by atoms with van der Waals surface area (Å²) in [6.07, 6.45) is 2.54. The summed E-state index contributed by atoms with van der Waals surface area (Å²) in [6, 6.07) is 5.97. The van der Waals surface area contributed by atoms with Gasteiger partial charge in [0.15, 0.2) is 5.13 Å². The molecule has 162 valence electrons. The standard InChI is InChI=1S/C21H27N5O2S.ClH/c1-15-5-6-16(2)19-18(15)23-21(29-19)26(20(27)17-7-8-22-24(17)3)10-4-9-25-11-13-28-14-12-25;/h5-8H,4,9-14H2,1-3H3;1H. The molecule has 0 atom stereocenters. The number of aromatic nitrogens is 3. The monoisotopic (exact) mass is 449 g/mol. The molecular weight excluding hydrogens is 422 g/mol. The highest BCUT2D eigenvalue weighted by molar-refractivity contribution is 7.22. The third-order valence-electron chi connectivity index (χ3n) is 5.41. The Kier molecular flexibility index (Phi) is 7.46. The smallest absolute Gasteiger partial charge is 0.278 e. The van der Waals surface area contributed by atoms with Crippen molar-refractivity contribution in [3.8, 4) is 0 Å². The van der Waals surface area contributed by atoms with Gasteiger partial charge in [0.1, 0.15) is 5.69 Å². The number of morpholine rings is 1. The molecule has 9 heteroatoms. The van der Waals surface area contributed by atoms with Crippen LogP contribution in [0.5, 0.6) is 0 Å². The summed E-state index contributed by atoms with van der Waals surface area (Å²) in [7, 11) is 1.80. The first-order valence-corrected chi connectivity index (χ1v) is 10.8. The van der Waals surface area contributed by atoms with Gasteiger partial charge in [-0.2, -0.15) is 5.10 Å². The number of anilines is 1. The van der Waals surface area contributed by atoms with E-state index >= 15 is 0 Å². The molecule has 1 amide bonds. The zero-order chi connectivity index (χ0) is 20.4. The first-order valence-electron chi connectivity index (χ1n) is 10.0. The third kappa shape index (κ3) is 4.67. The fraction of sp³-hybridized carbons (Fsp3) is 0.476. The summed E-state index contributed by atoms with van der Waals surface area (Å²) in [4.78, 5) is 22.4. The number of carbonyl (C=O) groups is 1. The Hall–Kier alpha value is -2.00. The van der Waals surface area contributed by atoms with E-state index in [-0.39, 0.29) is 18.3 Å². The van der Waals surface area contributed by atoms with Gasteiger partial charge in [-0.1, -0.05) is 23.5 Å². The molecule has 0 saturated carbocycles. The maximum absolute atomic E-state index is 13.4. The quantitative estimate of drug-likeness (QED) is 0.576. The van der Waals surface area contributed by atoms with Gasteiger partial charge in [-0.05, 0) is 37.5 Å². The fourth-order valence-corrected chi connectivity index (χ4v) is 4.78. The average Bonchev–Trinajstić information content (AvgIpc) is 3.36. The van der Waals surface area contributed by atoms with Crippen LogP contribution >= 0.6 is 23.7 Å². The number of aryl methyl sites for hydroxylation is 3. The highest BCUT2D eigenvalue weighted by Crippen LogP contribution is 2.33. The van der Waals surface area contributed by atoms with Crippen LogP contribution in [0.25, 0.3) is 10.2 Å². The Balaban J connectivity index is 0.00000256. The highest BCUT2D eigenvalue weighted by atomic mass is 35.5. The van der Waals surface area contributed by atoms with E-state index in [2.05, 4.69) is 36.0 Å². The summed E-state index contributed by atoms with van der Waals surface area (Å²) in [5.74, 6) is -0.0543. The van der Waals surface area contributed by atoms with Crippen molar-refractivity contribution in [2.75, 3.05) is 44.3 Å². The normalized spacial score (nSPS) is 14.6. The number of halogens is 1. The van der Waals surface area contributed by atoms with Gasteiger partial charge in [0, 0.05) is 39.4 Å². The number of nitrogens with zero attached hydrogens (tertiary/aromatic N) is 5. The van der Waals surface area contributed by atoms with Gasteiger partial charge >= 0.3 is 0 Å². The molecule has 1 saturated heterocycles. The average molecular weight is 450 g/mol. The van der Waals surface area contributed by atoms with Crippen LogP contribution in [-0.2, 0) is 11.8 Å². The molecule has 1 fully saturated rings. The maximum Gasteiger partial charge on any atom is 0.278 e. The number of amides is 1. The first-order chi connectivity index (χ1) is 14.0. The molecule has 3 aromatic rings. The fourth-order valence-electron chi connectivity index (χ4n) is 3.65. The van der Waals surface area contributed by atoms with Crippen LogP contribution in [0.4, 0.5) is 5.13 Å². The Morgan fingerprint density at radius 2 is 1.93 bits per heavy atom. The van der Waals surface area contributed by atoms with Crippen molar-refractivity contribution < 1.29 is 9.53 Å². The molecule has 0 radical (unpaired) electrons. The number of hydrogen-bond donors (Lipinski definition) is 0. The summed E-state index contributed by atoms with van der Waals surface area (Å²) < 4.78 is 8.20. The Labute approximate surface area is 187 Å². The second-order valence-corrected chi connectivity index (χ2v) is 8.46. The molecule has 4 rings (SSSR count). The zero-order valence-corrected chi connectivity index (χ0v) is 19.3. The SMILES string of the molecule is Cc1ccc(C)c2sc(N(CCCN3CCOCC3)C(=O)c3ccnn3C)nc12.Cl. The molecule has 1 aliphatic rings. The van der Waals surface area contributed by atoms with Crippen molar-refractivity contribution in [3.63, 3.8) is 0 Å². The highest BCUT2D eigenvalue weighted by Gasteiger charge is 2.24. The zero-order valence-electron chi connectivity index (χ0n) is 17.6. The molecule has 1 aliphatic heterocycles. The van der Waals surface area contributed by atoms with Crippen molar-refractivity contribution in [2.24, 2.45) is 7.05 Å². The summed E-state index contributed by atoms with van der Waals surface area (Å²) in [6.45, 7) is 9.21. The predicted octanol–water partition coefficient (Wildman–Crippen LogP) is 3.44. The van der Waals surface area contributed by atoms with E-state index in [1.165, 1.54) is 5.56 Å². The lowest BCUT2D eigenvalue weighted by Gasteiger charge is -2.27. The van der Waals surface area contributed by atoms with Crippen molar-refractivity contribution in [3.05, 3.63) is 41.2 Å². The molecule has 30 heavy (non-hydrogen) atoms. The molecule has 2 aromatic heterocycles. The van der Waals surface area contributed by atoms with Crippen molar-refractivity contribution in [1.29, 1.82) is 0 Å². The molecule has 0 N–H and O–H groups in total. The van der Waals surface area contributed by atoms with Crippen LogP contribution in [0.1, 0.15) is 28.0 Å². The van der Waals surface area contributed by atoms with Crippen LogP contribution in [0.3, 0.4) is 0 Å². The van der Waals surface area contributed by atoms with E-state index in [1.54, 1.807) is 35.3 Å². The van der Waals surface area contributed by atoms with Crippen molar-refractivity contribution >= 4 is 45.0 Å². The maximum atomic E-state index is 13.4. The van der Waals surface area contributed by atoms with E-state index in [0.29, 0.717) is 12.2 Å². The minimum atomic E-state index is -0.0543. The van der Waals surface area contributed by atoms with Gasteiger partial charge < -0.3 is 4.74 Å². The lowest BCUT2D eigenvalue weighted by molar-refractivity contribution is 0.0376. The van der Waals surface area contributed by atoms with Gasteiger partial charge in [-0.25, -0.2) is 4.98 Å². The predicted molar refractivity (Wildman–Crippen MR) is 123 cm³/mol. The second-order valence-electron chi connectivity index (χ2n) is 7.48. The number of ether oxygens (including phenoxy) is 1. The lowest BCUT2D eigenvalue weighted by atomic mass is 10.1. The molecule has 3 heterocycles. The number of benzene rings is 1. The van der Waals surface area contributed by atoms with Gasteiger partial charge in [-0.3, -0.25) is 19.3 Å². The molecule has 0 bridgehead atoms. The lowest BCUT2D eigenvalue weighted by Crippen LogP contribution is -2.39. The Morgan fingerprint density at radius 3 is 2.60 bits per heavy atom. The Morgan fingerprint density at radius 1 is 1.20 bits per heavy atom. The van der Waals surface area contributed by atoms with Crippen LogP contribution in [0.2, 0.25) is 0 Å². The third-order valence-corrected chi connectivity index (χ3v) is 6.62. The van der Waals surface area contributed by atoms with Crippen LogP contribution < -0.4 is 4.90 Å². The van der Waals surface area contributed by atoms with E-state index in [0.717, 1.165) is 60.2 Å². The summed E-state index contributed by atoms with van der Waals surface area (Å²) >= 11 is 1.59. The van der Waals surface area contributed by atoms with Gasteiger partial charge in [0.2, 0.25) is 0 Å². The number of rotatable bonds is 6. The minimum Gasteiger partial charge on any atom is -0.379 e. The minimum absolute atomic E-state index is 0. The summed E-state index contributed by atoms with van der Waals surface area (Å²) in [5.41, 5.74) is 3.88. The molecule has 0 aliphatic carbocycles. The molecule has 7 nitrogen and oxygen atoms in total. The largest absolute Gasteiger partial charge is 0.379 e. The van der Waals surface area contributed by atoms with Crippen molar-refractivity contribution in [2.45, 2.75) is 20.3 Å². The number of fused-ring (bicyclic) bond motifs is 1. The van der Waals surface area contributed by atoms with Crippen LogP contribution in [-0.4, -0.2) is 65.0 Å². The van der Waals surface area contributed by atoms with Gasteiger partial charge in [0.05, 0.1) is 23.4 Å². The molecule has 0 spiro atoms. The second kappa shape index (κ2) is 9.87. The Bertz CT molecular complexity index is 973. The van der Waals surface area contributed by atoms with Gasteiger partial charge in [0.25, 0.3) is 5.91 Å². The molecular formula is C21H28ClN5O2S. The molecule has 1 aromatic carbocycles. The van der Waals surface area contributed by atoms with Crippen molar-refractivity contribution in [1.82, 2.24) is 19.7 Å². The van der Waals surface area contributed by atoms with E-state index < -0.39 is 0 Å². The first kappa shape index (κ1) is 22.7. The van der Waals surface area contributed by atoms with E-state index in [1.807, 2.05) is 4.90 Å². The number of carbonyl (C=O) groups excluding carboxylic acids is 1. The van der Waals surface area contributed by atoms with Crippen LogP contribution in [0.15, 0.2) is 24.4 Å². The molecule has 0 unspecified atom stereocenters. The van der Waals surface area contributed by atoms with Gasteiger partial charge in [-0.15, -0.1) is 12.4 Å². The number of thiazole rings is 1. The number of hydrogen-bond acceptors (Lipinski definition) is 6.